The molecule has 0 amide bonds. The van der Waals surface area contributed by atoms with Crippen molar-refractivity contribution in [3.63, 3.8) is 0 Å². The van der Waals surface area contributed by atoms with Crippen molar-refractivity contribution >= 4 is 0 Å². The van der Waals surface area contributed by atoms with Gasteiger partial charge >= 0.3 is 0 Å². The first-order valence-electron chi connectivity index (χ1n) is 7.40. The summed E-state index contributed by atoms with van der Waals surface area (Å²) in [4.78, 5) is 4.89. The van der Waals surface area contributed by atoms with Gasteiger partial charge in [0.15, 0.2) is 0 Å². The van der Waals surface area contributed by atoms with Crippen molar-refractivity contribution in [2.45, 2.75) is 44.7 Å². The molecule has 0 aromatic heterocycles. The number of piperidine rings is 1. The molecule has 2 N–H and O–H groups in total. The average Bonchev–Trinajstić information content (AvgIpc) is 2.36. The van der Waals surface area contributed by atoms with Crippen molar-refractivity contribution in [2.75, 3.05) is 46.9 Å². The predicted octanol–water partition coefficient (Wildman–Crippen LogP) is 0.763. The van der Waals surface area contributed by atoms with Gasteiger partial charge in [0.05, 0.1) is 0 Å². The maximum Gasteiger partial charge on any atom is 0.0446 e. The molecule has 0 bridgehead atoms. The van der Waals surface area contributed by atoms with Crippen LogP contribution in [0.15, 0.2) is 0 Å². The van der Waals surface area contributed by atoms with E-state index in [4.69, 9.17) is 5.11 Å². The molecule has 0 spiro atoms. The number of rotatable bonds is 8. The minimum atomic E-state index is 0.284. The van der Waals surface area contributed by atoms with Crippen LogP contribution in [0.1, 0.15) is 32.6 Å². The van der Waals surface area contributed by atoms with Crippen LogP contribution in [0.2, 0.25) is 0 Å². The Hall–Kier alpha value is -0.160. The molecule has 0 aromatic carbocycles. The molecule has 2 atom stereocenters. The molecule has 2 unspecified atom stereocenters. The summed E-state index contributed by atoms with van der Waals surface area (Å²) in [5.41, 5.74) is 0. The highest BCUT2D eigenvalue weighted by Gasteiger charge is 2.23. The minimum Gasteiger partial charge on any atom is -0.396 e. The van der Waals surface area contributed by atoms with E-state index in [1.54, 1.807) is 0 Å². The first-order valence-corrected chi connectivity index (χ1v) is 7.40. The second-order valence-electron chi connectivity index (χ2n) is 5.68. The third-order valence-electron chi connectivity index (χ3n) is 3.85. The minimum absolute atomic E-state index is 0.284. The van der Waals surface area contributed by atoms with Gasteiger partial charge in [-0.1, -0.05) is 6.92 Å². The number of nitrogens with zero attached hydrogens (tertiary/aromatic N) is 2. The number of likely N-dealkylation sites (N-methyl/N-ethyl adjacent to an activating group) is 1. The lowest BCUT2D eigenvalue weighted by Gasteiger charge is -2.37. The topological polar surface area (TPSA) is 38.7 Å². The highest BCUT2D eigenvalue weighted by atomic mass is 16.3. The molecule has 0 radical (unpaired) electrons. The summed E-state index contributed by atoms with van der Waals surface area (Å²) in [6.07, 6.45) is 4.63. The lowest BCUT2D eigenvalue weighted by molar-refractivity contribution is 0.118. The Morgan fingerprint density at radius 1 is 1.44 bits per heavy atom. The van der Waals surface area contributed by atoms with Crippen LogP contribution in [-0.2, 0) is 0 Å². The van der Waals surface area contributed by atoms with Crippen LogP contribution in [0.4, 0.5) is 0 Å². The lowest BCUT2D eigenvalue weighted by atomic mass is 10.0. The van der Waals surface area contributed by atoms with Crippen molar-refractivity contribution in [2.24, 2.45) is 0 Å². The number of nitrogens with one attached hydrogen (secondary N) is 1. The Kier molecular flexibility index (Phi) is 7.82. The molecule has 108 valence electrons. The van der Waals surface area contributed by atoms with Crippen molar-refractivity contribution in [3.8, 4) is 0 Å². The molecule has 0 aliphatic carbocycles. The van der Waals surface area contributed by atoms with Crippen molar-refractivity contribution < 1.29 is 5.11 Å². The van der Waals surface area contributed by atoms with Crippen molar-refractivity contribution in [1.82, 2.24) is 15.1 Å². The van der Waals surface area contributed by atoms with Crippen LogP contribution in [0.3, 0.4) is 0 Å². The first kappa shape index (κ1) is 15.9. The smallest absolute Gasteiger partial charge is 0.0446 e. The number of hydrogen-bond donors (Lipinski definition) is 2. The van der Waals surface area contributed by atoms with Gasteiger partial charge in [-0.15, -0.1) is 0 Å². The normalized spacial score (nSPS) is 23.5. The van der Waals surface area contributed by atoms with E-state index in [9.17, 15) is 0 Å². The monoisotopic (exact) mass is 257 g/mol. The van der Waals surface area contributed by atoms with Crippen LogP contribution in [0.25, 0.3) is 0 Å². The molecule has 4 nitrogen and oxygen atoms in total. The summed E-state index contributed by atoms with van der Waals surface area (Å²) < 4.78 is 0. The molecule has 1 aliphatic heterocycles. The van der Waals surface area contributed by atoms with Gasteiger partial charge in [-0.2, -0.15) is 0 Å². The lowest BCUT2D eigenvalue weighted by Crippen LogP contribution is -2.50. The maximum absolute atomic E-state index is 9.14. The SMILES string of the molecule is CCCNC(CCO)CN1CCCC(N(C)C)C1. The Labute approximate surface area is 112 Å². The van der Waals surface area contributed by atoms with E-state index in [0.717, 1.165) is 25.9 Å². The Bertz CT molecular complexity index is 211. The zero-order chi connectivity index (χ0) is 13.4. The van der Waals surface area contributed by atoms with Crippen LogP contribution in [0.5, 0.6) is 0 Å². The molecule has 4 heteroatoms. The van der Waals surface area contributed by atoms with E-state index in [-0.39, 0.29) is 6.61 Å². The van der Waals surface area contributed by atoms with Crippen molar-refractivity contribution in [1.29, 1.82) is 0 Å². The molecule has 0 aromatic rings. The Morgan fingerprint density at radius 3 is 2.83 bits per heavy atom. The highest BCUT2D eigenvalue weighted by molar-refractivity contribution is 4.81. The largest absolute Gasteiger partial charge is 0.396 e. The van der Waals surface area contributed by atoms with E-state index < -0.39 is 0 Å². The van der Waals surface area contributed by atoms with Gasteiger partial charge in [-0.3, -0.25) is 0 Å². The molecule has 18 heavy (non-hydrogen) atoms. The fourth-order valence-corrected chi connectivity index (χ4v) is 2.69. The summed E-state index contributed by atoms with van der Waals surface area (Å²) in [6.45, 7) is 6.97. The van der Waals surface area contributed by atoms with Gasteiger partial charge in [0.2, 0.25) is 0 Å². The molecule has 1 fully saturated rings. The van der Waals surface area contributed by atoms with Gasteiger partial charge in [-0.25, -0.2) is 0 Å². The van der Waals surface area contributed by atoms with Gasteiger partial charge in [0, 0.05) is 31.8 Å². The van der Waals surface area contributed by atoms with Crippen LogP contribution in [-0.4, -0.2) is 73.9 Å². The van der Waals surface area contributed by atoms with E-state index in [1.165, 1.54) is 25.9 Å². The third-order valence-corrected chi connectivity index (χ3v) is 3.85. The zero-order valence-electron chi connectivity index (χ0n) is 12.4. The van der Waals surface area contributed by atoms with Crippen LogP contribution >= 0.6 is 0 Å². The highest BCUT2D eigenvalue weighted by Crippen LogP contribution is 2.14. The molecular formula is C14H31N3O. The molecule has 1 heterocycles. The number of hydrogen-bond acceptors (Lipinski definition) is 4. The number of aliphatic hydroxyl groups is 1. The summed E-state index contributed by atoms with van der Waals surface area (Å²) in [7, 11) is 4.35. The number of aliphatic hydroxyl groups excluding tert-OH is 1. The van der Waals surface area contributed by atoms with Gasteiger partial charge in [0.25, 0.3) is 0 Å². The van der Waals surface area contributed by atoms with E-state index in [1.807, 2.05) is 0 Å². The van der Waals surface area contributed by atoms with E-state index in [0.29, 0.717) is 12.1 Å². The number of likely N-dealkylation sites (tertiary alicyclic amines) is 1. The molecule has 0 saturated carbocycles. The van der Waals surface area contributed by atoms with Crippen molar-refractivity contribution in [3.05, 3.63) is 0 Å². The average molecular weight is 257 g/mol. The van der Waals surface area contributed by atoms with E-state index >= 15 is 0 Å². The fraction of sp³-hybridized carbons (Fsp3) is 1.00. The van der Waals surface area contributed by atoms with Crippen LogP contribution in [0, 0.1) is 0 Å². The molecule has 1 saturated heterocycles. The maximum atomic E-state index is 9.14. The second-order valence-corrected chi connectivity index (χ2v) is 5.68. The predicted molar refractivity (Wildman–Crippen MR) is 76.9 cm³/mol. The summed E-state index contributed by atoms with van der Waals surface area (Å²) >= 11 is 0. The molecule has 1 aliphatic rings. The summed E-state index contributed by atoms with van der Waals surface area (Å²) in [5.74, 6) is 0. The van der Waals surface area contributed by atoms with E-state index in [2.05, 4.69) is 36.1 Å². The van der Waals surface area contributed by atoms with Crippen LogP contribution < -0.4 is 5.32 Å². The first-order chi connectivity index (χ1) is 8.67. The standard InChI is InChI=1S/C14H31N3O/c1-4-8-15-13(7-10-18)11-17-9-5-6-14(12-17)16(2)3/h13-15,18H,4-12H2,1-3H3. The zero-order valence-corrected chi connectivity index (χ0v) is 12.4. The third kappa shape index (κ3) is 5.65. The summed E-state index contributed by atoms with van der Waals surface area (Å²) in [6, 6.07) is 1.13. The summed E-state index contributed by atoms with van der Waals surface area (Å²) in [5, 5.41) is 12.7. The molecular weight excluding hydrogens is 226 g/mol. The van der Waals surface area contributed by atoms with Gasteiger partial charge in [-0.05, 0) is 52.9 Å². The fourth-order valence-electron chi connectivity index (χ4n) is 2.69. The second kappa shape index (κ2) is 8.86. The Balaban J connectivity index is 2.37. The Morgan fingerprint density at radius 2 is 2.22 bits per heavy atom. The molecule has 1 rings (SSSR count). The quantitative estimate of drug-likeness (QED) is 0.673. The van der Waals surface area contributed by atoms with Gasteiger partial charge in [0.1, 0.15) is 0 Å². The van der Waals surface area contributed by atoms with Gasteiger partial charge < -0.3 is 20.2 Å².